The van der Waals surface area contributed by atoms with Crippen molar-refractivity contribution >= 4 is 11.6 Å². The van der Waals surface area contributed by atoms with Gasteiger partial charge < -0.3 is 10.1 Å². The number of benzene rings is 1. The summed E-state index contributed by atoms with van der Waals surface area (Å²) in [4.78, 5) is 0. The van der Waals surface area contributed by atoms with Crippen LogP contribution in [0.1, 0.15) is 31.7 Å². The zero-order chi connectivity index (χ0) is 13.0. The highest BCUT2D eigenvalue weighted by Crippen LogP contribution is 2.27. The minimum absolute atomic E-state index is 0.552. The van der Waals surface area contributed by atoms with Crippen LogP contribution in [-0.2, 0) is 6.42 Å². The van der Waals surface area contributed by atoms with E-state index in [9.17, 15) is 0 Å². The lowest BCUT2D eigenvalue weighted by molar-refractivity contribution is 0.292. The van der Waals surface area contributed by atoms with E-state index in [2.05, 4.69) is 12.2 Å². The van der Waals surface area contributed by atoms with Gasteiger partial charge in [0.05, 0.1) is 7.11 Å². The zero-order valence-electron chi connectivity index (χ0n) is 11.2. The number of nitrogens with one attached hydrogen (secondary N) is 1. The summed E-state index contributed by atoms with van der Waals surface area (Å²) in [5, 5.41) is 4.39. The maximum atomic E-state index is 6.07. The molecule has 0 saturated carbocycles. The molecule has 2 nitrogen and oxygen atoms in total. The highest BCUT2D eigenvalue weighted by atomic mass is 35.5. The number of methoxy groups -OCH3 is 1. The third kappa shape index (κ3) is 3.39. The van der Waals surface area contributed by atoms with Gasteiger partial charge in [0.15, 0.2) is 0 Å². The van der Waals surface area contributed by atoms with Crippen LogP contribution >= 0.6 is 11.6 Å². The molecule has 1 aromatic rings. The molecule has 2 rings (SSSR count). The third-order valence-corrected chi connectivity index (χ3v) is 4.12. The van der Waals surface area contributed by atoms with Crippen molar-refractivity contribution in [3.8, 4) is 5.75 Å². The molecule has 3 heteroatoms. The summed E-state index contributed by atoms with van der Waals surface area (Å²) in [6.07, 6.45) is 4.84. The van der Waals surface area contributed by atoms with Crippen molar-refractivity contribution < 1.29 is 4.74 Å². The van der Waals surface area contributed by atoms with Crippen molar-refractivity contribution in [2.45, 2.75) is 38.6 Å². The Kier molecular flexibility index (Phi) is 4.90. The topological polar surface area (TPSA) is 21.3 Å². The summed E-state index contributed by atoms with van der Waals surface area (Å²) in [7, 11) is 1.72. The van der Waals surface area contributed by atoms with E-state index in [-0.39, 0.29) is 0 Å². The number of hydrogen-bond acceptors (Lipinski definition) is 2. The van der Waals surface area contributed by atoms with E-state index in [4.69, 9.17) is 16.3 Å². The number of ether oxygens (including phenoxy) is 1. The lowest BCUT2D eigenvalue weighted by atomic mass is 9.87. The molecule has 0 amide bonds. The van der Waals surface area contributed by atoms with Gasteiger partial charge in [0.2, 0.25) is 0 Å². The van der Waals surface area contributed by atoms with Crippen LogP contribution in [0.3, 0.4) is 0 Å². The van der Waals surface area contributed by atoms with Crippen molar-refractivity contribution in [3.05, 3.63) is 28.8 Å². The van der Waals surface area contributed by atoms with Gasteiger partial charge in [-0.15, -0.1) is 0 Å². The summed E-state index contributed by atoms with van der Waals surface area (Å²) in [5.74, 6) is 1.81. The first-order valence-electron chi connectivity index (χ1n) is 6.78. The van der Waals surface area contributed by atoms with Crippen LogP contribution in [0.5, 0.6) is 5.75 Å². The molecule has 1 N–H and O–H groups in total. The predicted octanol–water partition coefficient (Wildman–Crippen LogP) is 3.67. The molecule has 0 aromatic heterocycles. The Morgan fingerprint density at radius 3 is 3.00 bits per heavy atom. The molecule has 1 aromatic carbocycles. The SMILES string of the molecule is CCC1CCNC(Cc2cc(Cl)ccc2OC)C1. The maximum absolute atomic E-state index is 6.07. The van der Waals surface area contributed by atoms with Gasteiger partial charge in [-0.3, -0.25) is 0 Å². The molecule has 0 bridgehead atoms. The largest absolute Gasteiger partial charge is 0.496 e. The molecule has 2 unspecified atom stereocenters. The molecule has 1 saturated heterocycles. The number of halogens is 1. The van der Waals surface area contributed by atoms with Crippen molar-refractivity contribution in [2.75, 3.05) is 13.7 Å². The van der Waals surface area contributed by atoms with Crippen LogP contribution in [0.15, 0.2) is 18.2 Å². The normalized spacial score (nSPS) is 23.9. The van der Waals surface area contributed by atoms with E-state index >= 15 is 0 Å². The standard InChI is InChI=1S/C15H22ClNO/c1-3-11-6-7-17-14(8-11)10-12-9-13(16)4-5-15(12)18-2/h4-5,9,11,14,17H,3,6-8,10H2,1-2H3. The van der Waals surface area contributed by atoms with Crippen molar-refractivity contribution in [2.24, 2.45) is 5.92 Å². The Hall–Kier alpha value is -0.730. The molecule has 1 heterocycles. The molecule has 1 fully saturated rings. The number of hydrogen-bond donors (Lipinski definition) is 1. The van der Waals surface area contributed by atoms with Crippen LogP contribution in [0.4, 0.5) is 0 Å². The Morgan fingerprint density at radius 1 is 1.44 bits per heavy atom. The van der Waals surface area contributed by atoms with Crippen LogP contribution in [0.2, 0.25) is 5.02 Å². The van der Waals surface area contributed by atoms with Crippen LogP contribution < -0.4 is 10.1 Å². The molecule has 1 aliphatic heterocycles. The molecule has 0 aliphatic carbocycles. The summed E-state index contributed by atoms with van der Waals surface area (Å²) < 4.78 is 5.41. The van der Waals surface area contributed by atoms with Gasteiger partial charge >= 0.3 is 0 Å². The Labute approximate surface area is 115 Å². The van der Waals surface area contributed by atoms with E-state index in [1.807, 2.05) is 18.2 Å². The van der Waals surface area contributed by atoms with E-state index in [1.54, 1.807) is 7.11 Å². The van der Waals surface area contributed by atoms with Gasteiger partial charge in [-0.1, -0.05) is 24.9 Å². The Balaban J connectivity index is 2.06. The van der Waals surface area contributed by atoms with E-state index < -0.39 is 0 Å². The highest BCUT2D eigenvalue weighted by molar-refractivity contribution is 6.30. The maximum Gasteiger partial charge on any atom is 0.122 e. The monoisotopic (exact) mass is 267 g/mol. The Bertz CT molecular complexity index is 394. The second-order valence-corrected chi connectivity index (χ2v) is 5.55. The molecule has 18 heavy (non-hydrogen) atoms. The molecule has 0 radical (unpaired) electrons. The average Bonchev–Trinajstić information content (AvgIpc) is 2.39. The lowest BCUT2D eigenvalue weighted by Gasteiger charge is -2.30. The highest BCUT2D eigenvalue weighted by Gasteiger charge is 2.21. The van der Waals surface area contributed by atoms with Gasteiger partial charge in [-0.2, -0.15) is 0 Å². The fourth-order valence-corrected chi connectivity index (χ4v) is 2.99. The number of piperidine rings is 1. The van der Waals surface area contributed by atoms with E-state index in [0.29, 0.717) is 6.04 Å². The van der Waals surface area contributed by atoms with Gasteiger partial charge in [0.1, 0.15) is 5.75 Å². The Morgan fingerprint density at radius 2 is 2.28 bits per heavy atom. The fourth-order valence-electron chi connectivity index (χ4n) is 2.79. The van der Waals surface area contributed by atoms with Crippen molar-refractivity contribution in [1.82, 2.24) is 5.32 Å². The minimum Gasteiger partial charge on any atom is -0.496 e. The summed E-state index contributed by atoms with van der Waals surface area (Å²) in [5.41, 5.74) is 1.21. The zero-order valence-corrected chi connectivity index (χ0v) is 12.0. The summed E-state index contributed by atoms with van der Waals surface area (Å²) in [6.45, 7) is 3.42. The first-order valence-corrected chi connectivity index (χ1v) is 7.16. The molecule has 0 spiro atoms. The second-order valence-electron chi connectivity index (χ2n) is 5.11. The van der Waals surface area contributed by atoms with Gasteiger partial charge in [0, 0.05) is 11.1 Å². The van der Waals surface area contributed by atoms with Crippen molar-refractivity contribution in [1.29, 1.82) is 0 Å². The first-order chi connectivity index (χ1) is 8.72. The molecule has 1 aliphatic rings. The fraction of sp³-hybridized carbons (Fsp3) is 0.600. The van der Waals surface area contributed by atoms with Gasteiger partial charge in [0.25, 0.3) is 0 Å². The molecular weight excluding hydrogens is 246 g/mol. The quantitative estimate of drug-likeness (QED) is 0.899. The van der Waals surface area contributed by atoms with Gasteiger partial charge in [-0.05, 0) is 55.5 Å². The first kappa shape index (κ1) is 13.7. The van der Waals surface area contributed by atoms with E-state index in [0.717, 1.165) is 29.7 Å². The van der Waals surface area contributed by atoms with Crippen molar-refractivity contribution in [3.63, 3.8) is 0 Å². The smallest absolute Gasteiger partial charge is 0.122 e. The number of rotatable bonds is 4. The lowest BCUT2D eigenvalue weighted by Crippen LogP contribution is -2.39. The van der Waals surface area contributed by atoms with E-state index in [1.165, 1.54) is 24.8 Å². The second kappa shape index (κ2) is 6.44. The summed E-state index contributed by atoms with van der Waals surface area (Å²) >= 11 is 6.07. The van der Waals surface area contributed by atoms with Gasteiger partial charge in [-0.25, -0.2) is 0 Å². The summed E-state index contributed by atoms with van der Waals surface area (Å²) in [6, 6.07) is 6.42. The van der Waals surface area contributed by atoms with Crippen LogP contribution in [0, 0.1) is 5.92 Å². The average molecular weight is 268 g/mol. The predicted molar refractivity (Wildman–Crippen MR) is 76.5 cm³/mol. The molecule has 100 valence electrons. The molecular formula is C15H22ClNO. The minimum atomic E-state index is 0.552. The molecule has 2 atom stereocenters. The third-order valence-electron chi connectivity index (χ3n) is 3.89. The van der Waals surface area contributed by atoms with Crippen LogP contribution in [-0.4, -0.2) is 19.7 Å². The van der Waals surface area contributed by atoms with Crippen LogP contribution in [0.25, 0.3) is 0 Å².